The van der Waals surface area contributed by atoms with Crippen LogP contribution in [0.15, 0.2) is 47.6 Å². The van der Waals surface area contributed by atoms with Gasteiger partial charge in [0.25, 0.3) is 10.0 Å². The molecule has 0 aliphatic heterocycles. The van der Waals surface area contributed by atoms with Crippen LogP contribution in [-0.4, -0.2) is 34.1 Å². The van der Waals surface area contributed by atoms with E-state index in [2.05, 4.69) is 25.1 Å². The SMILES string of the molecule is CCCC(=O)Nc1ccc(S(=O)(=O)Nc2cc(-n3nc(C)cc3C)ncn2)cc1. The van der Waals surface area contributed by atoms with Gasteiger partial charge >= 0.3 is 0 Å². The van der Waals surface area contributed by atoms with Crippen molar-refractivity contribution in [2.24, 2.45) is 0 Å². The van der Waals surface area contributed by atoms with E-state index in [9.17, 15) is 13.2 Å². The lowest BCUT2D eigenvalue weighted by Gasteiger charge is -2.10. The smallest absolute Gasteiger partial charge is 0.263 e. The zero-order chi connectivity index (χ0) is 21.0. The van der Waals surface area contributed by atoms with Crippen molar-refractivity contribution in [1.29, 1.82) is 0 Å². The van der Waals surface area contributed by atoms with Crippen LogP contribution in [0.3, 0.4) is 0 Å². The van der Waals surface area contributed by atoms with Gasteiger partial charge in [-0.25, -0.2) is 23.1 Å². The first kappa shape index (κ1) is 20.5. The maximum Gasteiger partial charge on any atom is 0.263 e. The van der Waals surface area contributed by atoms with Crippen LogP contribution in [-0.2, 0) is 14.8 Å². The number of carbonyl (C=O) groups excluding carboxylic acids is 1. The minimum absolute atomic E-state index is 0.0530. The Kier molecular flexibility index (Phi) is 5.92. The largest absolute Gasteiger partial charge is 0.326 e. The molecule has 29 heavy (non-hydrogen) atoms. The van der Waals surface area contributed by atoms with Gasteiger partial charge in [-0.05, 0) is 50.6 Å². The van der Waals surface area contributed by atoms with Crippen LogP contribution >= 0.6 is 0 Å². The number of amides is 1. The average Bonchev–Trinajstić information content (AvgIpc) is 3.00. The van der Waals surface area contributed by atoms with Crippen molar-refractivity contribution in [3.63, 3.8) is 0 Å². The fraction of sp³-hybridized carbons (Fsp3) is 0.263. The predicted molar refractivity (Wildman–Crippen MR) is 109 cm³/mol. The molecular weight excluding hydrogens is 392 g/mol. The van der Waals surface area contributed by atoms with Crippen LogP contribution in [0.25, 0.3) is 5.82 Å². The van der Waals surface area contributed by atoms with Gasteiger partial charge in [-0.15, -0.1) is 0 Å². The van der Waals surface area contributed by atoms with Gasteiger partial charge in [-0.2, -0.15) is 5.10 Å². The maximum atomic E-state index is 12.7. The van der Waals surface area contributed by atoms with Gasteiger partial charge in [-0.1, -0.05) is 6.92 Å². The fourth-order valence-electron chi connectivity index (χ4n) is 2.74. The van der Waals surface area contributed by atoms with E-state index in [0.29, 0.717) is 17.9 Å². The van der Waals surface area contributed by atoms with Crippen LogP contribution in [0.1, 0.15) is 31.2 Å². The van der Waals surface area contributed by atoms with Crippen molar-refractivity contribution >= 4 is 27.4 Å². The van der Waals surface area contributed by atoms with Gasteiger partial charge < -0.3 is 5.32 Å². The van der Waals surface area contributed by atoms with Gasteiger partial charge in [0.15, 0.2) is 5.82 Å². The quantitative estimate of drug-likeness (QED) is 0.614. The fourth-order valence-corrected chi connectivity index (χ4v) is 3.74. The summed E-state index contributed by atoms with van der Waals surface area (Å²) in [6.07, 6.45) is 2.42. The molecule has 0 aliphatic carbocycles. The minimum Gasteiger partial charge on any atom is -0.326 e. The first-order valence-corrected chi connectivity index (χ1v) is 10.6. The standard InChI is InChI=1S/C19H22N6O3S/c1-4-5-19(26)22-15-6-8-16(9-7-15)29(27,28)24-17-11-18(21-12-20-17)25-14(3)10-13(2)23-25/h6-12H,4-5H2,1-3H3,(H,22,26)(H,20,21,24). The van der Waals surface area contributed by atoms with Crippen molar-refractivity contribution in [3.05, 3.63) is 54.1 Å². The zero-order valence-electron chi connectivity index (χ0n) is 16.4. The molecule has 1 amide bonds. The molecule has 9 nitrogen and oxygen atoms in total. The number of nitrogens with zero attached hydrogens (tertiary/aromatic N) is 4. The number of hydrogen-bond donors (Lipinski definition) is 2. The molecule has 2 heterocycles. The summed E-state index contributed by atoms with van der Waals surface area (Å²) in [5.41, 5.74) is 2.24. The van der Waals surface area contributed by atoms with E-state index < -0.39 is 10.0 Å². The first-order chi connectivity index (χ1) is 13.8. The lowest BCUT2D eigenvalue weighted by Crippen LogP contribution is -2.15. The third kappa shape index (κ3) is 4.96. The normalized spacial score (nSPS) is 11.3. The highest BCUT2D eigenvalue weighted by Gasteiger charge is 2.16. The van der Waals surface area contributed by atoms with E-state index in [1.165, 1.54) is 24.5 Å². The molecule has 0 aliphatic rings. The summed E-state index contributed by atoms with van der Waals surface area (Å²) in [7, 11) is -3.86. The van der Waals surface area contributed by atoms with Gasteiger partial charge in [0.1, 0.15) is 12.1 Å². The molecule has 152 valence electrons. The summed E-state index contributed by atoms with van der Waals surface area (Å²) in [5, 5.41) is 7.06. The van der Waals surface area contributed by atoms with Crippen molar-refractivity contribution in [2.75, 3.05) is 10.0 Å². The third-order valence-corrected chi connectivity index (χ3v) is 5.41. The van der Waals surface area contributed by atoms with E-state index >= 15 is 0 Å². The van der Waals surface area contributed by atoms with Crippen molar-refractivity contribution in [3.8, 4) is 5.82 Å². The Balaban J connectivity index is 1.78. The van der Waals surface area contributed by atoms with E-state index in [1.54, 1.807) is 16.8 Å². The topological polar surface area (TPSA) is 119 Å². The molecule has 10 heteroatoms. The second-order valence-corrected chi connectivity index (χ2v) is 8.21. The molecule has 0 spiro atoms. The zero-order valence-corrected chi connectivity index (χ0v) is 17.2. The van der Waals surface area contributed by atoms with E-state index in [4.69, 9.17) is 0 Å². The summed E-state index contributed by atoms with van der Waals surface area (Å²) < 4.78 is 29.4. The van der Waals surface area contributed by atoms with E-state index in [-0.39, 0.29) is 16.6 Å². The van der Waals surface area contributed by atoms with Gasteiger partial charge in [0.05, 0.1) is 10.6 Å². The highest BCUT2D eigenvalue weighted by atomic mass is 32.2. The number of sulfonamides is 1. The van der Waals surface area contributed by atoms with Gasteiger partial charge in [0, 0.05) is 23.9 Å². The van der Waals surface area contributed by atoms with Crippen molar-refractivity contribution in [1.82, 2.24) is 19.7 Å². The third-order valence-electron chi connectivity index (χ3n) is 4.04. The molecule has 0 unspecified atom stereocenters. The molecule has 0 bridgehead atoms. The lowest BCUT2D eigenvalue weighted by molar-refractivity contribution is -0.116. The number of nitrogens with one attached hydrogen (secondary N) is 2. The van der Waals surface area contributed by atoms with E-state index in [0.717, 1.165) is 17.8 Å². The molecule has 0 radical (unpaired) electrons. The second kappa shape index (κ2) is 8.39. The lowest BCUT2D eigenvalue weighted by atomic mass is 10.3. The van der Waals surface area contributed by atoms with Crippen LogP contribution in [0.2, 0.25) is 0 Å². The summed E-state index contributed by atoms with van der Waals surface area (Å²) in [6, 6.07) is 9.34. The number of aromatic nitrogens is 4. The molecular formula is C19H22N6O3S. The molecule has 3 aromatic rings. The highest BCUT2D eigenvalue weighted by Crippen LogP contribution is 2.19. The predicted octanol–water partition coefficient (Wildman–Crippen LogP) is 2.82. The van der Waals surface area contributed by atoms with Crippen LogP contribution < -0.4 is 10.0 Å². The highest BCUT2D eigenvalue weighted by molar-refractivity contribution is 7.92. The Labute approximate surface area is 169 Å². The van der Waals surface area contributed by atoms with Crippen LogP contribution in [0.4, 0.5) is 11.5 Å². The summed E-state index contributed by atoms with van der Waals surface area (Å²) in [5.74, 6) is 0.471. The van der Waals surface area contributed by atoms with E-state index in [1.807, 2.05) is 26.8 Å². The Morgan fingerprint density at radius 2 is 1.83 bits per heavy atom. The Hall–Kier alpha value is -3.27. The number of rotatable bonds is 7. The molecule has 0 saturated heterocycles. The molecule has 2 N–H and O–H groups in total. The number of hydrogen-bond acceptors (Lipinski definition) is 6. The van der Waals surface area contributed by atoms with Crippen LogP contribution in [0.5, 0.6) is 0 Å². The summed E-state index contributed by atoms with van der Waals surface area (Å²) >= 11 is 0. The van der Waals surface area contributed by atoms with Crippen molar-refractivity contribution in [2.45, 2.75) is 38.5 Å². The van der Waals surface area contributed by atoms with Crippen molar-refractivity contribution < 1.29 is 13.2 Å². The molecule has 2 aromatic heterocycles. The molecule has 0 saturated carbocycles. The Morgan fingerprint density at radius 1 is 1.10 bits per heavy atom. The number of benzene rings is 1. The summed E-state index contributed by atoms with van der Waals surface area (Å²) in [6.45, 7) is 5.66. The van der Waals surface area contributed by atoms with Gasteiger partial charge in [0.2, 0.25) is 5.91 Å². The second-order valence-electron chi connectivity index (χ2n) is 6.53. The number of aryl methyl sites for hydroxylation is 2. The first-order valence-electron chi connectivity index (χ1n) is 9.07. The minimum atomic E-state index is -3.86. The molecule has 0 atom stereocenters. The Morgan fingerprint density at radius 3 is 2.45 bits per heavy atom. The molecule has 1 aromatic carbocycles. The average molecular weight is 414 g/mol. The number of carbonyl (C=O) groups is 1. The van der Waals surface area contributed by atoms with Gasteiger partial charge in [-0.3, -0.25) is 9.52 Å². The molecule has 0 fully saturated rings. The Bertz CT molecular complexity index is 1120. The molecule has 3 rings (SSSR count). The van der Waals surface area contributed by atoms with Crippen LogP contribution in [0, 0.1) is 13.8 Å². The maximum absolute atomic E-state index is 12.7. The summed E-state index contributed by atoms with van der Waals surface area (Å²) in [4.78, 5) is 19.8. The monoisotopic (exact) mass is 414 g/mol. The number of anilines is 2.